The van der Waals surface area contributed by atoms with E-state index in [1.807, 2.05) is 37.3 Å². The number of nitrogens with zero attached hydrogens (tertiary/aromatic N) is 3. The molecule has 0 N–H and O–H groups in total. The summed E-state index contributed by atoms with van der Waals surface area (Å²) >= 11 is 1.43. The van der Waals surface area contributed by atoms with E-state index in [1.54, 1.807) is 23.0 Å². The SMILES string of the molecule is CCCn1cnc2sc3c(c2c1=O)CCN(S(=O)(=O)c1ccc2ccccc2c1)C3. The lowest BCUT2D eigenvalue weighted by molar-refractivity contribution is 0.396. The van der Waals surface area contributed by atoms with E-state index in [4.69, 9.17) is 0 Å². The molecular weight excluding hydrogens is 418 g/mol. The van der Waals surface area contributed by atoms with E-state index in [0.29, 0.717) is 34.6 Å². The van der Waals surface area contributed by atoms with E-state index >= 15 is 0 Å². The molecule has 8 heteroatoms. The third kappa shape index (κ3) is 3.07. The summed E-state index contributed by atoms with van der Waals surface area (Å²) in [6, 6.07) is 13.0. The molecule has 1 aliphatic heterocycles. The minimum atomic E-state index is -3.62. The van der Waals surface area contributed by atoms with Crippen LogP contribution in [0.15, 0.2) is 58.5 Å². The molecule has 1 aliphatic rings. The second kappa shape index (κ2) is 7.30. The molecular formula is C22H21N3O3S2. The fourth-order valence-electron chi connectivity index (χ4n) is 4.08. The quantitative estimate of drug-likeness (QED) is 0.485. The third-order valence-corrected chi connectivity index (χ3v) is 8.58. The zero-order chi connectivity index (χ0) is 20.9. The second-order valence-electron chi connectivity index (χ2n) is 7.52. The van der Waals surface area contributed by atoms with Crippen LogP contribution in [0, 0.1) is 0 Å². The van der Waals surface area contributed by atoms with Gasteiger partial charge in [0, 0.05) is 24.5 Å². The lowest BCUT2D eigenvalue weighted by Crippen LogP contribution is -2.35. The molecule has 0 atom stereocenters. The fraction of sp³-hybridized carbons (Fsp3) is 0.273. The van der Waals surface area contributed by atoms with Gasteiger partial charge in [0.25, 0.3) is 5.56 Å². The molecule has 6 nitrogen and oxygen atoms in total. The highest BCUT2D eigenvalue weighted by molar-refractivity contribution is 7.89. The van der Waals surface area contributed by atoms with Crippen molar-refractivity contribution in [3.05, 3.63) is 69.6 Å². The van der Waals surface area contributed by atoms with Crippen LogP contribution in [0.25, 0.3) is 21.0 Å². The summed E-state index contributed by atoms with van der Waals surface area (Å²) in [4.78, 5) is 19.2. The van der Waals surface area contributed by atoms with Crippen LogP contribution in [0.4, 0.5) is 0 Å². The molecule has 3 heterocycles. The van der Waals surface area contributed by atoms with Crippen LogP contribution in [-0.2, 0) is 29.5 Å². The third-order valence-electron chi connectivity index (χ3n) is 5.62. The normalized spacial score (nSPS) is 15.0. The van der Waals surface area contributed by atoms with Crippen LogP contribution in [0.3, 0.4) is 0 Å². The van der Waals surface area contributed by atoms with Crippen molar-refractivity contribution in [1.82, 2.24) is 13.9 Å². The van der Waals surface area contributed by atoms with Gasteiger partial charge in [-0.1, -0.05) is 37.3 Å². The standard InChI is InChI=1S/C22H21N3O3S2/c1-2-10-24-14-23-21-20(22(24)26)18-9-11-25(13-19(18)29-21)30(27,28)17-8-7-15-5-3-4-6-16(15)12-17/h3-8,12,14H,2,9-11,13H2,1H3. The molecule has 0 saturated heterocycles. The Bertz CT molecular complexity index is 1440. The number of aromatic nitrogens is 2. The number of sulfonamides is 1. The van der Waals surface area contributed by atoms with Crippen LogP contribution in [0.5, 0.6) is 0 Å². The number of hydrogen-bond acceptors (Lipinski definition) is 5. The van der Waals surface area contributed by atoms with Crippen LogP contribution >= 0.6 is 11.3 Å². The van der Waals surface area contributed by atoms with Crippen LogP contribution in [0.1, 0.15) is 23.8 Å². The smallest absolute Gasteiger partial charge is 0.262 e. The predicted octanol–water partition coefficient (Wildman–Crippen LogP) is 3.77. The Morgan fingerprint density at radius 1 is 1.13 bits per heavy atom. The molecule has 0 radical (unpaired) electrons. The molecule has 0 fully saturated rings. The summed E-state index contributed by atoms with van der Waals surface area (Å²) in [6.45, 7) is 3.29. The summed E-state index contributed by atoms with van der Waals surface area (Å²) in [7, 11) is -3.62. The highest BCUT2D eigenvalue weighted by Crippen LogP contribution is 2.34. The number of rotatable bonds is 4. The summed E-state index contributed by atoms with van der Waals surface area (Å²) in [6.07, 6.45) is 2.98. The maximum atomic E-state index is 13.3. The lowest BCUT2D eigenvalue weighted by Gasteiger charge is -2.26. The zero-order valence-corrected chi connectivity index (χ0v) is 18.2. The zero-order valence-electron chi connectivity index (χ0n) is 16.5. The average molecular weight is 440 g/mol. The van der Waals surface area contributed by atoms with Gasteiger partial charge in [-0.3, -0.25) is 9.36 Å². The summed E-state index contributed by atoms with van der Waals surface area (Å²) in [5.74, 6) is 0. The molecule has 4 aromatic rings. The van der Waals surface area contributed by atoms with Gasteiger partial charge in [-0.25, -0.2) is 13.4 Å². The molecule has 2 aromatic carbocycles. The van der Waals surface area contributed by atoms with Crippen molar-refractivity contribution in [3.63, 3.8) is 0 Å². The topological polar surface area (TPSA) is 72.3 Å². The van der Waals surface area contributed by atoms with E-state index in [2.05, 4.69) is 4.98 Å². The number of hydrogen-bond donors (Lipinski definition) is 0. The first-order chi connectivity index (χ1) is 14.5. The van der Waals surface area contributed by atoms with Gasteiger partial charge in [0.2, 0.25) is 10.0 Å². The minimum absolute atomic E-state index is 0.0230. The Kier molecular flexibility index (Phi) is 4.72. The van der Waals surface area contributed by atoms with Crippen LogP contribution < -0.4 is 5.56 Å². The fourth-order valence-corrected chi connectivity index (χ4v) is 6.80. The van der Waals surface area contributed by atoms with Crippen molar-refractivity contribution in [2.75, 3.05) is 6.54 Å². The van der Waals surface area contributed by atoms with E-state index in [9.17, 15) is 13.2 Å². The van der Waals surface area contributed by atoms with Crippen molar-refractivity contribution in [2.45, 2.75) is 37.8 Å². The molecule has 0 spiro atoms. The maximum Gasteiger partial charge on any atom is 0.262 e. The van der Waals surface area contributed by atoms with Gasteiger partial charge in [0.1, 0.15) is 4.83 Å². The Labute approximate surface area is 178 Å². The Balaban J connectivity index is 1.53. The van der Waals surface area contributed by atoms with Crippen molar-refractivity contribution >= 4 is 42.3 Å². The molecule has 0 unspecified atom stereocenters. The van der Waals surface area contributed by atoms with Crippen LogP contribution in [-0.4, -0.2) is 28.8 Å². The number of thiophene rings is 1. The van der Waals surface area contributed by atoms with E-state index in [0.717, 1.165) is 27.6 Å². The first kappa shape index (κ1) is 19.4. The molecule has 0 saturated carbocycles. The van der Waals surface area contributed by atoms with Crippen molar-refractivity contribution in [3.8, 4) is 0 Å². The van der Waals surface area contributed by atoms with Gasteiger partial charge in [-0.05, 0) is 41.3 Å². The number of benzene rings is 2. The Morgan fingerprint density at radius 2 is 1.93 bits per heavy atom. The van der Waals surface area contributed by atoms with Gasteiger partial charge in [-0.15, -0.1) is 11.3 Å². The maximum absolute atomic E-state index is 13.3. The first-order valence-electron chi connectivity index (χ1n) is 9.97. The molecule has 0 bridgehead atoms. The average Bonchev–Trinajstić information content (AvgIpc) is 3.14. The van der Waals surface area contributed by atoms with Gasteiger partial charge in [0.15, 0.2) is 0 Å². The molecule has 154 valence electrons. The lowest BCUT2D eigenvalue weighted by atomic mass is 10.1. The molecule has 30 heavy (non-hydrogen) atoms. The van der Waals surface area contributed by atoms with Crippen LogP contribution in [0.2, 0.25) is 0 Å². The number of fused-ring (bicyclic) bond motifs is 4. The van der Waals surface area contributed by atoms with Gasteiger partial charge in [-0.2, -0.15) is 4.31 Å². The predicted molar refractivity (Wildman–Crippen MR) is 119 cm³/mol. The minimum Gasteiger partial charge on any atom is -0.299 e. The second-order valence-corrected chi connectivity index (χ2v) is 10.5. The molecule has 5 rings (SSSR count). The largest absolute Gasteiger partial charge is 0.299 e. The van der Waals surface area contributed by atoms with Gasteiger partial charge in [0.05, 0.1) is 16.6 Å². The Morgan fingerprint density at radius 3 is 2.73 bits per heavy atom. The highest BCUT2D eigenvalue weighted by atomic mass is 32.2. The molecule has 0 aliphatic carbocycles. The van der Waals surface area contributed by atoms with Crippen molar-refractivity contribution < 1.29 is 8.42 Å². The van der Waals surface area contributed by atoms with E-state index in [-0.39, 0.29) is 12.1 Å². The summed E-state index contributed by atoms with van der Waals surface area (Å²) in [5.41, 5.74) is 0.938. The highest BCUT2D eigenvalue weighted by Gasteiger charge is 2.31. The summed E-state index contributed by atoms with van der Waals surface area (Å²) < 4.78 is 29.8. The Hall–Kier alpha value is -2.55. The van der Waals surface area contributed by atoms with E-state index < -0.39 is 10.0 Å². The van der Waals surface area contributed by atoms with Crippen molar-refractivity contribution in [1.29, 1.82) is 0 Å². The number of aryl methyl sites for hydroxylation is 1. The van der Waals surface area contributed by atoms with Crippen molar-refractivity contribution in [2.24, 2.45) is 0 Å². The molecule has 0 amide bonds. The monoisotopic (exact) mass is 439 g/mol. The van der Waals surface area contributed by atoms with Gasteiger partial charge < -0.3 is 0 Å². The first-order valence-corrected chi connectivity index (χ1v) is 12.2. The summed E-state index contributed by atoms with van der Waals surface area (Å²) in [5, 5.41) is 2.57. The van der Waals surface area contributed by atoms with E-state index in [1.165, 1.54) is 15.6 Å². The van der Waals surface area contributed by atoms with Gasteiger partial charge >= 0.3 is 0 Å². The molecule has 2 aromatic heterocycles.